The van der Waals surface area contributed by atoms with Crippen LogP contribution in [0.5, 0.6) is 0 Å². The minimum atomic E-state index is -1.34. The second-order valence-corrected chi connectivity index (χ2v) is 7.22. The Morgan fingerprint density at radius 1 is 1.21 bits per heavy atom. The van der Waals surface area contributed by atoms with Crippen LogP contribution in [0.4, 0.5) is 5.95 Å². The summed E-state index contributed by atoms with van der Waals surface area (Å²) < 4.78 is 0. The molecule has 1 aromatic carbocycles. The van der Waals surface area contributed by atoms with Gasteiger partial charge in [0.05, 0.1) is 28.2 Å². The number of piperidine rings is 1. The van der Waals surface area contributed by atoms with Gasteiger partial charge in [0.25, 0.3) is 5.56 Å². The van der Waals surface area contributed by atoms with Crippen molar-refractivity contribution in [1.29, 1.82) is 5.26 Å². The quantitative estimate of drug-likeness (QED) is 0.659. The summed E-state index contributed by atoms with van der Waals surface area (Å²) in [4.78, 5) is 42.8. The number of H-pyrrole nitrogens is 1. The molecule has 3 heterocycles. The van der Waals surface area contributed by atoms with Gasteiger partial charge in [-0.05, 0) is 31.4 Å². The number of benzene rings is 1. The molecule has 0 spiro atoms. The zero-order valence-electron chi connectivity index (χ0n) is 15.4. The molecule has 1 atom stereocenters. The highest BCUT2D eigenvalue weighted by Gasteiger charge is 2.29. The first-order valence-electron chi connectivity index (χ1n) is 9.29. The van der Waals surface area contributed by atoms with Crippen LogP contribution in [0.2, 0.25) is 5.02 Å². The molecule has 0 unspecified atom stereocenters. The van der Waals surface area contributed by atoms with Crippen molar-refractivity contribution in [1.82, 2.24) is 19.9 Å². The minimum absolute atomic E-state index is 0.0320. The lowest BCUT2D eigenvalue weighted by Gasteiger charge is -2.26. The number of aromatic nitrogens is 4. The highest BCUT2D eigenvalue weighted by atomic mass is 35.5. The van der Waals surface area contributed by atoms with Crippen molar-refractivity contribution < 1.29 is 4.79 Å². The van der Waals surface area contributed by atoms with E-state index < -0.39 is 17.3 Å². The first-order valence-corrected chi connectivity index (χ1v) is 9.66. The number of nitriles is 1. The highest BCUT2D eigenvalue weighted by Crippen LogP contribution is 2.24. The van der Waals surface area contributed by atoms with E-state index in [4.69, 9.17) is 11.6 Å². The minimum Gasteiger partial charge on any atom is -0.341 e. The smallest absolute Gasteiger partial charge is 0.258 e. The summed E-state index contributed by atoms with van der Waals surface area (Å²) in [6, 6.07) is 8.64. The molecular weight excluding hydrogens is 392 g/mol. The lowest BCUT2D eigenvalue weighted by Crippen LogP contribution is -2.31. The largest absolute Gasteiger partial charge is 0.341 e. The molecule has 0 aliphatic carbocycles. The molecule has 1 N–H and O–H groups in total. The maximum Gasteiger partial charge on any atom is 0.258 e. The van der Waals surface area contributed by atoms with E-state index >= 15 is 0 Å². The Morgan fingerprint density at radius 2 is 1.97 bits per heavy atom. The summed E-state index contributed by atoms with van der Waals surface area (Å²) in [6.07, 6.45) is 4.57. The van der Waals surface area contributed by atoms with Gasteiger partial charge in [-0.25, -0.2) is 15.0 Å². The average molecular weight is 409 g/mol. The summed E-state index contributed by atoms with van der Waals surface area (Å²) in [5, 5.41) is 10.1. The van der Waals surface area contributed by atoms with E-state index in [-0.39, 0.29) is 16.5 Å². The molecule has 146 valence electrons. The number of aromatic amines is 1. The molecule has 3 aromatic rings. The zero-order chi connectivity index (χ0) is 20.4. The summed E-state index contributed by atoms with van der Waals surface area (Å²) in [5.41, 5.74) is -0.0619. The fraction of sp³-hybridized carbons (Fsp3) is 0.300. The number of para-hydroxylation sites is 1. The van der Waals surface area contributed by atoms with Gasteiger partial charge in [-0.15, -0.1) is 0 Å². The van der Waals surface area contributed by atoms with Gasteiger partial charge in [0, 0.05) is 13.1 Å². The molecule has 1 aliphatic heterocycles. The highest BCUT2D eigenvalue weighted by molar-refractivity contribution is 6.33. The van der Waals surface area contributed by atoms with Crippen LogP contribution in [0, 0.1) is 11.3 Å². The molecule has 1 fully saturated rings. The number of carbonyl (C=O) groups is 1. The molecule has 0 radical (unpaired) electrons. The maximum atomic E-state index is 13.1. The topological polar surface area (TPSA) is 116 Å². The lowest BCUT2D eigenvalue weighted by atomic mass is 10.0. The molecule has 0 saturated carbocycles. The summed E-state index contributed by atoms with van der Waals surface area (Å²) in [5.74, 6) is -1.59. The third-order valence-electron chi connectivity index (χ3n) is 4.90. The number of anilines is 1. The number of fused-ring (bicyclic) bond motifs is 1. The number of hydrogen-bond donors (Lipinski definition) is 1. The van der Waals surface area contributed by atoms with Crippen molar-refractivity contribution in [2.45, 2.75) is 25.2 Å². The van der Waals surface area contributed by atoms with Gasteiger partial charge in [0.15, 0.2) is 5.92 Å². The van der Waals surface area contributed by atoms with Gasteiger partial charge >= 0.3 is 0 Å². The van der Waals surface area contributed by atoms with Crippen molar-refractivity contribution in [2.75, 3.05) is 18.0 Å². The van der Waals surface area contributed by atoms with E-state index in [1.807, 2.05) is 11.0 Å². The molecule has 0 amide bonds. The van der Waals surface area contributed by atoms with Crippen LogP contribution in [0.15, 0.2) is 35.3 Å². The van der Waals surface area contributed by atoms with Gasteiger partial charge in [0.2, 0.25) is 11.7 Å². The van der Waals surface area contributed by atoms with Crippen molar-refractivity contribution in [3.05, 3.63) is 57.4 Å². The van der Waals surface area contributed by atoms with Crippen molar-refractivity contribution in [3.8, 4) is 6.07 Å². The van der Waals surface area contributed by atoms with Crippen LogP contribution in [-0.2, 0) is 0 Å². The van der Waals surface area contributed by atoms with E-state index in [0.717, 1.165) is 32.4 Å². The molecule has 1 aliphatic rings. The molecule has 9 heteroatoms. The summed E-state index contributed by atoms with van der Waals surface area (Å²) >= 11 is 6.18. The van der Waals surface area contributed by atoms with Gasteiger partial charge in [0.1, 0.15) is 11.5 Å². The Balaban J connectivity index is 1.73. The van der Waals surface area contributed by atoms with Gasteiger partial charge in [-0.1, -0.05) is 23.7 Å². The number of hydrogen-bond acceptors (Lipinski definition) is 7. The number of nitrogens with one attached hydrogen (secondary N) is 1. The number of ketones is 1. The average Bonchev–Trinajstić information content (AvgIpc) is 2.75. The Bertz CT molecular complexity index is 1180. The van der Waals surface area contributed by atoms with Crippen LogP contribution < -0.4 is 10.5 Å². The zero-order valence-corrected chi connectivity index (χ0v) is 16.2. The van der Waals surface area contributed by atoms with Crippen LogP contribution in [0.1, 0.15) is 41.5 Å². The third-order valence-corrected chi connectivity index (χ3v) is 5.18. The van der Waals surface area contributed by atoms with E-state index in [1.54, 1.807) is 24.3 Å². The van der Waals surface area contributed by atoms with Gasteiger partial charge < -0.3 is 9.88 Å². The molecular formula is C20H17ClN6O2. The first-order chi connectivity index (χ1) is 14.1. The van der Waals surface area contributed by atoms with Crippen molar-refractivity contribution in [3.63, 3.8) is 0 Å². The van der Waals surface area contributed by atoms with Crippen LogP contribution in [0.3, 0.4) is 0 Å². The normalized spacial score (nSPS) is 15.1. The molecule has 2 aromatic heterocycles. The summed E-state index contributed by atoms with van der Waals surface area (Å²) in [7, 11) is 0. The second kappa shape index (κ2) is 7.97. The summed E-state index contributed by atoms with van der Waals surface area (Å²) in [6.45, 7) is 1.60. The number of rotatable bonds is 4. The van der Waals surface area contributed by atoms with Crippen LogP contribution >= 0.6 is 11.6 Å². The van der Waals surface area contributed by atoms with E-state index in [9.17, 15) is 14.9 Å². The Kier molecular flexibility index (Phi) is 5.23. The fourth-order valence-electron chi connectivity index (χ4n) is 3.40. The van der Waals surface area contributed by atoms with Crippen LogP contribution in [-0.4, -0.2) is 38.8 Å². The van der Waals surface area contributed by atoms with Crippen molar-refractivity contribution in [2.24, 2.45) is 0 Å². The standard InChI is InChI=1S/C20H17ClN6O2/c21-14-11-23-20(27-8-4-1-5-9-27)25-16(14)17(28)13(10-22)18-24-15-7-3-2-6-12(15)19(29)26-18/h2-3,6-7,11,13H,1,4-5,8-9H2,(H,24,26,29)/t13-/m0/s1. The molecule has 1 saturated heterocycles. The van der Waals surface area contributed by atoms with Gasteiger partial charge in [-0.3, -0.25) is 9.59 Å². The van der Waals surface area contributed by atoms with E-state index in [2.05, 4.69) is 19.9 Å². The molecule has 0 bridgehead atoms. The monoisotopic (exact) mass is 408 g/mol. The lowest BCUT2D eigenvalue weighted by molar-refractivity contribution is 0.0971. The number of nitrogens with zero attached hydrogens (tertiary/aromatic N) is 5. The van der Waals surface area contributed by atoms with Gasteiger partial charge in [-0.2, -0.15) is 5.26 Å². The SMILES string of the molecule is N#C[C@@H](C(=O)c1nc(N2CCCCC2)ncc1Cl)c1nc2ccccc2c(=O)[nH]1. The number of carbonyl (C=O) groups excluding carboxylic acids is 1. The predicted molar refractivity (Wildman–Crippen MR) is 108 cm³/mol. The third kappa shape index (κ3) is 3.69. The van der Waals surface area contributed by atoms with Crippen molar-refractivity contribution >= 4 is 34.2 Å². The van der Waals surface area contributed by atoms with E-state index in [1.165, 1.54) is 6.20 Å². The number of Topliss-reactive ketones (excluding diaryl/α,β-unsaturated/α-hetero) is 1. The Hall–Kier alpha value is -3.31. The Morgan fingerprint density at radius 3 is 2.72 bits per heavy atom. The fourth-order valence-corrected chi connectivity index (χ4v) is 3.58. The van der Waals surface area contributed by atoms with E-state index in [0.29, 0.717) is 16.9 Å². The van der Waals surface area contributed by atoms with Crippen LogP contribution in [0.25, 0.3) is 10.9 Å². The predicted octanol–water partition coefficient (Wildman–Crippen LogP) is 2.85. The first kappa shape index (κ1) is 19.0. The number of halogens is 1. The second-order valence-electron chi connectivity index (χ2n) is 6.81. The molecule has 29 heavy (non-hydrogen) atoms. The maximum absolute atomic E-state index is 13.1. The Labute approximate surface area is 171 Å². The molecule has 4 rings (SSSR count). The molecule has 8 nitrogen and oxygen atoms in total.